The van der Waals surface area contributed by atoms with Crippen LogP contribution >= 0.6 is 11.6 Å². The molecule has 4 nitrogen and oxygen atoms in total. The molecular formula is C15H23ClN2O2. The molecule has 0 radical (unpaired) electrons. The maximum atomic E-state index is 12.7. The highest BCUT2D eigenvalue weighted by Gasteiger charge is 2.23. The van der Waals surface area contributed by atoms with Crippen LogP contribution in [-0.4, -0.2) is 37.1 Å². The molecule has 0 aliphatic heterocycles. The monoisotopic (exact) mass is 298 g/mol. The number of nitrogen functional groups attached to an aromatic ring is 1. The highest BCUT2D eigenvalue weighted by Crippen LogP contribution is 2.22. The molecule has 0 heterocycles. The summed E-state index contributed by atoms with van der Waals surface area (Å²) in [4.78, 5) is 14.5. The van der Waals surface area contributed by atoms with E-state index in [0.29, 0.717) is 29.4 Å². The molecule has 5 heteroatoms. The van der Waals surface area contributed by atoms with Gasteiger partial charge in [-0.2, -0.15) is 0 Å². The second-order valence-electron chi connectivity index (χ2n) is 4.70. The molecule has 0 unspecified atom stereocenters. The molecule has 1 amide bonds. The summed E-state index contributed by atoms with van der Waals surface area (Å²) in [5, 5.41) is 0.392. The van der Waals surface area contributed by atoms with Crippen LogP contribution in [0.1, 0.15) is 37.0 Å². The van der Waals surface area contributed by atoms with Crippen LogP contribution in [0.15, 0.2) is 18.2 Å². The Morgan fingerprint density at radius 3 is 2.55 bits per heavy atom. The highest BCUT2D eigenvalue weighted by molar-refractivity contribution is 6.34. The number of carbonyl (C=O) groups excluding carboxylic acids is 1. The van der Waals surface area contributed by atoms with Gasteiger partial charge in [0, 0.05) is 25.4 Å². The molecule has 0 spiro atoms. The van der Waals surface area contributed by atoms with Gasteiger partial charge in [0.25, 0.3) is 5.91 Å². The standard InChI is InChI=1S/C15H23ClN2O2/c1-4-12(5-2)18(8-9-20-3)15(19)13-7-6-11(17)10-14(13)16/h6-7,10,12H,4-5,8-9,17H2,1-3H3. The summed E-state index contributed by atoms with van der Waals surface area (Å²) in [7, 11) is 1.63. The number of ether oxygens (including phenoxy) is 1. The van der Waals surface area contributed by atoms with Crippen LogP contribution < -0.4 is 5.73 Å². The van der Waals surface area contributed by atoms with E-state index in [-0.39, 0.29) is 11.9 Å². The normalized spacial score (nSPS) is 10.8. The SMILES string of the molecule is CCC(CC)N(CCOC)C(=O)c1ccc(N)cc1Cl. The Labute approximate surface area is 125 Å². The maximum Gasteiger partial charge on any atom is 0.255 e. The van der Waals surface area contributed by atoms with Gasteiger partial charge in [-0.25, -0.2) is 0 Å². The Balaban J connectivity index is 3.02. The molecule has 0 aliphatic rings. The summed E-state index contributed by atoms with van der Waals surface area (Å²) in [6.45, 7) is 5.22. The average Bonchev–Trinajstić information content (AvgIpc) is 2.43. The molecule has 112 valence electrons. The number of rotatable bonds is 7. The Bertz CT molecular complexity index is 447. The number of methoxy groups -OCH3 is 1. The zero-order valence-electron chi connectivity index (χ0n) is 12.4. The molecule has 1 aromatic carbocycles. The lowest BCUT2D eigenvalue weighted by atomic mass is 10.1. The average molecular weight is 299 g/mol. The molecule has 0 bridgehead atoms. The quantitative estimate of drug-likeness (QED) is 0.787. The fourth-order valence-electron chi connectivity index (χ4n) is 2.23. The van der Waals surface area contributed by atoms with Gasteiger partial charge >= 0.3 is 0 Å². The van der Waals surface area contributed by atoms with Crippen LogP contribution in [0, 0.1) is 0 Å². The van der Waals surface area contributed by atoms with Gasteiger partial charge in [-0.1, -0.05) is 25.4 Å². The summed E-state index contributed by atoms with van der Waals surface area (Å²) in [6.07, 6.45) is 1.80. The fourth-order valence-corrected chi connectivity index (χ4v) is 2.50. The summed E-state index contributed by atoms with van der Waals surface area (Å²) in [5.74, 6) is -0.0687. The first-order valence-electron chi connectivity index (χ1n) is 6.90. The largest absolute Gasteiger partial charge is 0.399 e. The number of halogens is 1. The molecule has 1 aromatic rings. The number of anilines is 1. The first-order chi connectivity index (χ1) is 9.54. The van der Waals surface area contributed by atoms with Crippen LogP contribution in [0.4, 0.5) is 5.69 Å². The predicted octanol–water partition coefficient (Wildman–Crippen LogP) is 3.20. The molecule has 0 saturated carbocycles. The van der Waals surface area contributed by atoms with Crippen molar-refractivity contribution in [1.82, 2.24) is 4.90 Å². The molecule has 1 rings (SSSR count). The number of benzene rings is 1. The lowest BCUT2D eigenvalue weighted by molar-refractivity contribution is 0.0589. The Hall–Kier alpha value is -1.26. The Kier molecular flexibility index (Phi) is 6.82. The number of hydrogen-bond acceptors (Lipinski definition) is 3. The third-order valence-corrected chi connectivity index (χ3v) is 3.72. The van der Waals surface area contributed by atoms with Gasteiger partial charge in [0.05, 0.1) is 17.2 Å². The Morgan fingerprint density at radius 2 is 2.05 bits per heavy atom. The smallest absolute Gasteiger partial charge is 0.255 e. The van der Waals surface area contributed by atoms with E-state index >= 15 is 0 Å². The third kappa shape index (κ3) is 4.12. The van der Waals surface area contributed by atoms with Crippen molar-refractivity contribution in [2.24, 2.45) is 0 Å². The zero-order valence-corrected chi connectivity index (χ0v) is 13.1. The molecule has 0 aromatic heterocycles. The summed E-state index contributed by atoms with van der Waals surface area (Å²) in [6, 6.07) is 5.17. The molecule has 0 saturated heterocycles. The first kappa shape index (κ1) is 16.8. The van der Waals surface area contributed by atoms with Crippen molar-refractivity contribution in [1.29, 1.82) is 0 Å². The molecule has 20 heavy (non-hydrogen) atoms. The Morgan fingerprint density at radius 1 is 1.40 bits per heavy atom. The second kappa shape index (κ2) is 8.12. The van der Waals surface area contributed by atoms with Gasteiger partial charge in [-0.05, 0) is 31.0 Å². The van der Waals surface area contributed by atoms with Crippen molar-refractivity contribution in [3.63, 3.8) is 0 Å². The molecule has 0 aliphatic carbocycles. The predicted molar refractivity (Wildman–Crippen MR) is 83.1 cm³/mol. The maximum absolute atomic E-state index is 12.7. The van der Waals surface area contributed by atoms with Gasteiger partial charge in [0.15, 0.2) is 0 Å². The zero-order chi connectivity index (χ0) is 15.1. The van der Waals surface area contributed by atoms with E-state index in [4.69, 9.17) is 22.1 Å². The van der Waals surface area contributed by atoms with Gasteiger partial charge in [-0.3, -0.25) is 4.79 Å². The van der Waals surface area contributed by atoms with Crippen molar-refractivity contribution in [2.75, 3.05) is 26.0 Å². The van der Waals surface area contributed by atoms with Crippen molar-refractivity contribution < 1.29 is 9.53 Å². The van der Waals surface area contributed by atoms with E-state index in [1.54, 1.807) is 25.3 Å². The van der Waals surface area contributed by atoms with Gasteiger partial charge in [0.1, 0.15) is 0 Å². The van der Waals surface area contributed by atoms with Gasteiger partial charge in [0.2, 0.25) is 0 Å². The van der Waals surface area contributed by atoms with Crippen molar-refractivity contribution in [3.05, 3.63) is 28.8 Å². The minimum absolute atomic E-state index is 0.0687. The van der Waals surface area contributed by atoms with E-state index in [2.05, 4.69) is 13.8 Å². The number of amides is 1. The lowest BCUT2D eigenvalue weighted by Gasteiger charge is -2.30. The van der Waals surface area contributed by atoms with E-state index in [1.165, 1.54) is 0 Å². The molecule has 0 fully saturated rings. The summed E-state index contributed by atoms with van der Waals surface area (Å²) >= 11 is 6.13. The van der Waals surface area contributed by atoms with Crippen LogP contribution in [0.25, 0.3) is 0 Å². The third-order valence-electron chi connectivity index (χ3n) is 3.40. The van der Waals surface area contributed by atoms with Crippen molar-refractivity contribution in [3.8, 4) is 0 Å². The topological polar surface area (TPSA) is 55.6 Å². The molecule has 0 atom stereocenters. The number of hydrogen-bond donors (Lipinski definition) is 1. The first-order valence-corrected chi connectivity index (χ1v) is 7.27. The molecule has 2 N–H and O–H groups in total. The van der Waals surface area contributed by atoms with Gasteiger partial charge in [-0.15, -0.1) is 0 Å². The number of nitrogens with zero attached hydrogens (tertiary/aromatic N) is 1. The van der Waals surface area contributed by atoms with Gasteiger partial charge < -0.3 is 15.4 Å². The van der Waals surface area contributed by atoms with E-state index in [1.807, 2.05) is 4.90 Å². The summed E-state index contributed by atoms with van der Waals surface area (Å²) in [5.41, 5.74) is 6.71. The van der Waals surface area contributed by atoms with Crippen LogP contribution in [0.5, 0.6) is 0 Å². The fraction of sp³-hybridized carbons (Fsp3) is 0.533. The number of carbonyl (C=O) groups is 1. The van der Waals surface area contributed by atoms with E-state index in [9.17, 15) is 4.79 Å². The minimum atomic E-state index is -0.0687. The van der Waals surface area contributed by atoms with E-state index in [0.717, 1.165) is 12.8 Å². The van der Waals surface area contributed by atoms with Crippen LogP contribution in [0.3, 0.4) is 0 Å². The van der Waals surface area contributed by atoms with Crippen LogP contribution in [0.2, 0.25) is 5.02 Å². The molecular weight excluding hydrogens is 276 g/mol. The highest BCUT2D eigenvalue weighted by atomic mass is 35.5. The number of nitrogens with two attached hydrogens (primary N) is 1. The van der Waals surface area contributed by atoms with Crippen molar-refractivity contribution >= 4 is 23.2 Å². The van der Waals surface area contributed by atoms with Crippen molar-refractivity contribution in [2.45, 2.75) is 32.7 Å². The summed E-state index contributed by atoms with van der Waals surface area (Å²) < 4.78 is 5.10. The van der Waals surface area contributed by atoms with E-state index < -0.39 is 0 Å². The lowest BCUT2D eigenvalue weighted by Crippen LogP contribution is -2.41. The van der Waals surface area contributed by atoms with Crippen LogP contribution in [-0.2, 0) is 4.74 Å². The second-order valence-corrected chi connectivity index (χ2v) is 5.11. The minimum Gasteiger partial charge on any atom is -0.399 e.